The minimum atomic E-state index is -3.37. The van der Waals surface area contributed by atoms with E-state index >= 15 is 0 Å². The van der Waals surface area contributed by atoms with E-state index in [4.69, 9.17) is 0 Å². The first-order valence-electron chi connectivity index (χ1n) is 2.75. The maximum Gasteiger partial charge on any atom is 0.267 e. The summed E-state index contributed by atoms with van der Waals surface area (Å²) in [5, 5.41) is 0. The Morgan fingerprint density at radius 1 is 1.50 bits per heavy atom. The van der Waals surface area contributed by atoms with Crippen molar-refractivity contribution in [3.05, 3.63) is 0 Å². The number of rotatable bonds is 5. The third-order valence-corrected chi connectivity index (χ3v) is 2.22. The molecule has 0 rings (SSSR count). The van der Waals surface area contributed by atoms with E-state index in [2.05, 4.69) is 4.18 Å². The zero-order valence-electron chi connectivity index (χ0n) is 5.66. The molecule has 0 bridgehead atoms. The van der Waals surface area contributed by atoms with Gasteiger partial charge in [0.05, 0.1) is 12.9 Å². The van der Waals surface area contributed by atoms with E-state index in [0.717, 1.165) is 7.11 Å². The second kappa shape index (κ2) is 4.40. The lowest BCUT2D eigenvalue weighted by atomic mass is 10.4. The van der Waals surface area contributed by atoms with E-state index in [1.165, 1.54) is 0 Å². The Bertz CT molecular complexity index is 182. The first-order valence-corrected chi connectivity index (χ1v) is 4.33. The average molecular weight is 165 g/mol. The monoisotopic (exact) mass is 165 g/mol. The Kier molecular flexibility index (Phi) is 4.22. The molecule has 0 aliphatic heterocycles. The van der Waals surface area contributed by atoms with E-state index in [-0.39, 0.29) is 18.6 Å². The Labute approximate surface area is 60.3 Å². The van der Waals surface area contributed by atoms with Gasteiger partial charge in [0.15, 0.2) is 6.29 Å². The molecule has 10 heavy (non-hydrogen) atoms. The number of hydrogen-bond donors (Lipinski definition) is 0. The van der Waals surface area contributed by atoms with Crippen LogP contribution in [0.3, 0.4) is 0 Å². The molecular weight excluding hydrogens is 156 g/mol. The van der Waals surface area contributed by atoms with Crippen LogP contribution in [0.4, 0.5) is 0 Å². The van der Waals surface area contributed by atoms with Gasteiger partial charge in [0.1, 0.15) is 0 Å². The normalized spacial score (nSPS) is 11.3. The predicted octanol–water partition coefficient (Wildman–Crippen LogP) is -0.147. The van der Waals surface area contributed by atoms with Crippen LogP contribution in [0, 0.1) is 0 Å². The van der Waals surface area contributed by atoms with Crippen LogP contribution in [-0.4, -0.2) is 27.6 Å². The fraction of sp³-hybridized carbons (Fsp3) is 0.800. The van der Waals surface area contributed by atoms with Crippen LogP contribution >= 0.6 is 0 Å². The Morgan fingerprint density at radius 2 is 2.10 bits per heavy atom. The van der Waals surface area contributed by atoms with Crippen molar-refractivity contribution in [2.75, 3.05) is 12.9 Å². The molecule has 0 aromatic carbocycles. The van der Waals surface area contributed by atoms with E-state index in [1.807, 2.05) is 0 Å². The molecule has 59 valence electrons. The minimum absolute atomic E-state index is 0.112. The molecule has 0 heterocycles. The summed E-state index contributed by atoms with van der Waals surface area (Å²) in [5.41, 5.74) is 0. The standard InChI is InChI=1S/C5H9O4S/c1-9-10(7,8)5-3-2-4-6/h2-3,5H2,1H3. The quantitative estimate of drug-likeness (QED) is 0.420. The van der Waals surface area contributed by atoms with Gasteiger partial charge in [-0.2, -0.15) is 8.42 Å². The summed E-state index contributed by atoms with van der Waals surface area (Å²) in [7, 11) is -2.27. The lowest BCUT2D eigenvalue weighted by molar-refractivity contribution is 0.397. The van der Waals surface area contributed by atoms with Crippen molar-refractivity contribution in [1.29, 1.82) is 0 Å². The summed E-state index contributed by atoms with van der Waals surface area (Å²) in [4.78, 5) is 9.62. The molecule has 4 nitrogen and oxygen atoms in total. The molecule has 0 aromatic rings. The molecular formula is C5H9O4S. The predicted molar refractivity (Wildman–Crippen MR) is 35.7 cm³/mol. The van der Waals surface area contributed by atoms with E-state index in [9.17, 15) is 13.2 Å². The molecule has 5 heteroatoms. The second-order valence-corrected chi connectivity index (χ2v) is 3.53. The van der Waals surface area contributed by atoms with Gasteiger partial charge < -0.3 is 0 Å². The van der Waals surface area contributed by atoms with Gasteiger partial charge in [-0.05, 0) is 6.42 Å². The molecule has 0 saturated heterocycles. The highest BCUT2D eigenvalue weighted by atomic mass is 32.2. The Hall–Kier alpha value is -0.420. The number of carbonyl (C=O) groups excluding carboxylic acids is 1. The zero-order valence-corrected chi connectivity index (χ0v) is 6.48. The molecule has 0 aliphatic rings. The molecule has 0 atom stereocenters. The van der Waals surface area contributed by atoms with Crippen LogP contribution in [-0.2, 0) is 19.1 Å². The average Bonchev–Trinajstić information content (AvgIpc) is 1.89. The summed E-state index contributed by atoms with van der Waals surface area (Å²) in [6.07, 6.45) is 2.01. The smallest absolute Gasteiger partial charge is 0.267 e. The molecule has 0 amide bonds. The molecule has 0 fully saturated rings. The van der Waals surface area contributed by atoms with Gasteiger partial charge in [0.2, 0.25) is 0 Å². The Morgan fingerprint density at radius 3 is 2.50 bits per heavy atom. The molecule has 0 unspecified atom stereocenters. The lowest BCUT2D eigenvalue weighted by Gasteiger charge is -1.96. The highest BCUT2D eigenvalue weighted by Gasteiger charge is 2.06. The summed E-state index contributed by atoms with van der Waals surface area (Å²) < 4.78 is 25.2. The Balaban J connectivity index is 3.58. The molecule has 0 saturated carbocycles. The molecule has 0 spiro atoms. The number of unbranched alkanes of at least 4 members (excludes halogenated alkanes) is 1. The maximum absolute atomic E-state index is 10.5. The van der Waals surface area contributed by atoms with Crippen molar-refractivity contribution in [2.45, 2.75) is 12.8 Å². The molecule has 0 aromatic heterocycles. The highest BCUT2D eigenvalue weighted by Crippen LogP contribution is 1.95. The van der Waals surface area contributed by atoms with Gasteiger partial charge in [-0.3, -0.25) is 8.98 Å². The van der Waals surface area contributed by atoms with Crippen LogP contribution in [0.25, 0.3) is 0 Å². The summed E-state index contributed by atoms with van der Waals surface area (Å²) in [6.45, 7) is 0. The first kappa shape index (κ1) is 9.58. The van der Waals surface area contributed by atoms with Crippen LogP contribution in [0.15, 0.2) is 0 Å². The van der Waals surface area contributed by atoms with E-state index in [1.54, 1.807) is 6.29 Å². The van der Waals surface area contributed by atoms with E-state index in [0.29, 0.717) is 0 Å². The highest BCUT2D eigenvalue weighted by molar-refractivity contribution is 7.86. The third kappa shape index (κ3) is 4.46. The van der Waals surface area contributed by atoms with Crippen molar-refractivity contribution < 1.29 is 17.4 Å². The summed E-state index contributed by atoms with van der Waals surface area (Å²) >= 11 is 0. The molecule has 0 aliphatic carbocycles. The fourth-order valence-corrected chi connectivity index (χ4v) is 1.07. The van der Waals surface area contributed by atoms with Crippen LogP contribution < -0.4 is 0 Å². The van der Waals surface area contributed by atoms with Crippen LogP contribution in [0.5, 0.6) is 0 Å². The van der Waals surface area contributed by atoms with E-state index < -0.39 is 10.1 Å². The maximum atomic E-state index is 10.5. The van der Waals surface area contributed by atoms with Crippen molar-refractivity contribution in [3.8, 4) is 0 Å². The topological polar surface area (TPSA) is 60.4 Å². The second-order valence-electron chi connectivity index (χ2n) is 1.68. The van der Waals surface area contributed by atoms with Crippen LogP contribution in [0.1, 0.15) is 12.8 Å². The number of hydrogen-bond acceptors (Lipinski definition) is 4. The zero-order chi connectivity index (χ0) is 8.04. The third-order valence-electron chi connectivity index (χ3n) is 0.927. The van der Waals surface area contributed by atoms with Crippen molar-refractivity contribution in [2.24, 2.45) is 0 Å². The lowest BCUT2D eigenvalue weighted by Crippen LogP contribution is -2.07. The largest absolute Gasteiger partial charge is 0.291 e. The van der Waals surface area contributed by atoms with Gasteiger partial charge in [-0.1, -0.05) is 0 Å². The SMILES string of the molecule is COS(=O)(=O)CCC[C]=O. The van der Waals surface area contributed by atoms with Crippen molar-refractivity contribution in [3.63, 3.8) is 0 Å². The fourth-order valence-electron chi connectivity index (χ4n) is 0.404. The van der Waals surface area contributed by atoms with Gasteiger partial charge >= 0.3 is 0 Å². The minimum Gasteiger partial charge on any atom is -0.291 e. The van der Waals surface area contributed by atoms with Gasteiger partial charge in [-0.15, -0.1) is 0 Å². The van der Waals surface area contributed by atoms with Crippen molar-refractivity contribution >= 4 is 16.4 Å². The van der Waals surface area contributed by atoms with Gasteiger partial charge in [-0.25, -0.2) is 0 Å². The molecule has 0 N–H and O–H groups in total. The first-order chi connectivity index (χ1) is 4.62. The summed E-state index contributed by atoms with van der Waals surface area (Å²) in [6, 6.07) is 0. The molecule has 1 radical (unpaired) electrons. The van der Waals surface area contributed by atoms with Gasteiger partial charge in [0, 0.05) is 6.42 Å². The van der Waals surface area contributed by atoms with Crippen LogP contribution in [0.2, 0.25) is 0 Å². The van der Waals surface area contributed by atoms with Gasteiger partial charge in [0.25, 0.3) is 10.1 Å². The summed E-state index contributed by atoms with van der Waals surface area (Å²) in [5.74, 6) is -0.112. The van der Waals surface area contributed by atoms with Crippen molar-refractivity contribution in [1.82, 2.24) is 0 Å².